The first kappa shape index (κ1) is 7.31. The van der Waals surface area contributed by atoms with Crippen LogP contribution in [0.4, 0.5) is 0 Å². The summed E-state index contributed by atoms with van der Waals surface area (Å²) in [5.41, 5.74) is 0. The first-order chi connectivity index (χ1) is 5.34. The summed E-state index contributed by atoms with van der Waals surface area (Å²) in [4.78, 5) is 4.04. The molecule has 1 aromatic heterocycles. The summed E-state index contributed by atoms with van der Waals surface area (Å²) in [5, 5.41) is 3.31. The number of rotatable bonds is 3. The van der Waals surface area contributed by atoms with Gasteiger partial charge >= 0.3 is 0 Å². The van der Waals surface area contributed by atoms with Gasteiger partial charge in [-0.25, -0.2) is 4.98 Å². The van der Waals surface area contributed by atoms with Gasteiger partial charge < -0.3 is 9.73 Å². The Morgan fingerprint density at radius 2 is 2.55 bits per heavy atom. The molecule has 1 aliphatic rings. The number of hydrogen-bond acceptors (Lipinski definition) is 3. The molecule has 1 fully saturated rings. The molecule has 60 valence electrons. The van der Waals surface area contributed by atoms with Crippen LogP contribution < -0.4 is 5.32 Å². The van der Waals surface area contributed by atoms with Crippen LogP contribution in [-0.2, 0) is 6.54 Å². The summed E-state index contributed by atoms with van der Waals surface area (Å²) >= 11 is 3.20. The van der Waals surface area contributed by atoms with Gasteiger partial charge in [0.25, 0.3) is 0 Å². The zero-order valence-electron chi connectivity index (χ0n) is 6.01. The molecule has 0 unspecified atom stereocenters. The number of hydrogen-bond donors (Lipinski definition) is 1. The van der Waals surface area contributed by atoms with Crippen LogP contribution in [0.1, 0.15) is 18.7 Å². The number of nitrogens with one attached hydrogen (secondary N) is 1. The Labute approximate surface area is 73.3 Å². The maximum atomic E-state index is 5.20. The smallest absolute Gasteiger partial charge is 0.209 e. The lowest BCUT2D eigenvalue weighted by Gasteiger charge is -1.95. The molecule has 1 aromatic rings. The van der Waals surface area contributed by atoms with E-state index < -0.39 is 0 Å². The van der Waals surface area contributed by atoms with Crippen LogP contribution in [0.25, 0.3) is 0 Å². The molecule has 0 amide bonds. The lowest BCUT2D eigenvalue weighted by atomic mass is 10.6. The highest BCUT2D eigenvalue weighted by atomic mass is 79.9. The molecular weight excluding hydrogens is 208 g/mol. The number of aromatic nitrogens is 1. The molecule has 0 radical (unpaired) electrons. The fourth-order valence-corrected chi connectivity index (χ4v) is 1.18. The molecule has 4 heteroatoms. The highest BCUT2D eigenvalue weighted by molar-refractivity contribution is 9.10. The van der Waals surface area contributed by atoms with Crippen LogP contribution in [-0.4, -0.2) is 11.0 Å². The monoisotopic (exact) mass is 216 g/mol. The summed E-state index contributed by atoms with van der Waals surface area (Å²) in [6.45, 7) is 0.746. The molecule has 1 saturated carbocycles. The molecule has 0 aromatic carbocycles. The van der Waals surface area contributed by atoms with Gasteiger partial charge in [-0.3, -0.25) is 0 Å². The average Bonchev–Trinajstić information content (AvgIpc) is 2.72. The highest BCUT2D eigenvalue weighted by Crippen LogP contribution is 2.19. The van der Waals surface area contributed by atoms with E-state index in [1.807, 2.05) is 0 Å². The Hall–Kier alpha value is -0.350. The lowest BCUT2D eigenvalue weighted by molar-refractivity contribution is 0.451. The lowest BCUT2D eigenvalue weighted by Crippen LogP contribution is -2.15. The van der Waals surface area contributed by atoms with E-state index in [9.17, 15) is 0 Å². The predicted octanol–water partition coefficient (Wildman–Crippen LogP) is 1.69. The molecule has 1 heterocycles. The van der Waals surface area contributed by atoms with Crippen molar-refractivity contribution in [1.82, 2.24) is 10.3 Å². The maximum absolute atomic E-state index is 5.20. The van der Waals surface area contributed by atoms with Crippen molar-refractivity contribution in [3.05, 3.63) is 16.8 Å². The number of halogens is 1. The fourth-order valence-electron chi connectivity index (χ4n) is 0.889. The average molecular weight is 217 g/mol. The van der Waals surface area contributed by atoms with Crippen LogP contribution in [0, 0.1) is 0 Å². The molecule has 0 saturated heterocycles. The van der Waals surface area contributed by atoms with E-state index in [4.69, 9.17) is 4.42 Å². The number of oxazole rings is 1. The van der Waals surface area contributed by atoms with Crippen molar-refractivity contribution >= 4 is 15.9 Å². The minimum absolute atomic E-state index is 0.699. The van der Waals surface area contributed by atoms with Gasteiger partial charge in [0.1, 0.15) is 0 Å². The second-order valence-electron chi connectivity index (χ2n) is 2.71. The summed E-state index contributed by atoms with van der Waals surface area (Å²) in [5.74, 6) is 0.753. The molecule has 0 atom stereocenters. The third kappa shape index (κ3) is 2.04. The van der Waals surface area contributed by atoms with E-state index in [2.05, 4.69) is 26.2 Å². The van der Waals surface area contributed by atoms with Crippen molar-refractivity contribution in [2.24, 2.45) is 0 Å². The van der Waals surface area contributed by atoms with Gasteiger partial charge in [0.05, 0.1) is 12.7 Å². The largest absolute Gasteiger partial charge is 0.433 e. The second-order valence-corrected chi connectivity index (χ2v) is 3.49. The predicted molar refractivity (Wildman–Crippen MR) is 44.1 cm³/mol. The van der Waals surface area contributed by atoms with Crippen molar-refractivity contribution in [1.29, 1.82) is 0 Å². The third-order valence-corrected chi connectivity index (χ3v) is 2.01. The van der Waals surface area contributed by atoms with Crippen LogP contribution in [0.15, 0.2) is 15.3 Å². The first-order valence-corrected chi connectivity index (χ1v) is 4.47. The van der Waals surface area contributed by atoms with Crippen LogP contribution in [0.5, 0.6) is 0 Å². The van der Waals surface area contributed by atoms with Gasteiger partial charge in [0, 0.05) is 6.04 Å². The fraction of sp³-hybridized carbons (Fsp3) is 0.571. The minimum Gasteiger partial charge on any atom is -0.433 e. The van der Waals surface area contributed by atoms with E-state index in [0.717, 1.165) is 12.4 Å². The number of nitrogens with zero attached hydrogens (tertiary/aromatic N) is 1. The maximum Gasteiger partial charge on any atom is 0.209 e. The summed E-state index contributed by atoms with van der Waals surface area (Å²) in [6.07, 6.45) is 4.26. The highest BCUT2D eigenvalue weighted by Gasteiger charge is 2.20. The molecule has 1 N–H and O–H groups in total. The van der Waals surface area contributed by atoms with E-state index in [-0.39, 0.29) is 0 Å². The molecule has 1 aliphatic carbocycles. The summed E-state index contributed by atoms with van der Waals surface area (Å²) in [6, 6.07) is 0.709. The normalized spacial score (nSPS) is 17.2. The van der Waals surface area contributed by atoms with E-state index in [1.165, 1.54) is 12.8 Å². The molecule has 3 nitrogen and oxygen atoms in total. The standard InChI is InChI=1S/C7H9BrN2O/c8-6-3-10-7(11-6)4-9-5-1-2-5/h3,5,9H,1-2,4H2. The zero-order chi connectivity index (χ0) is 7.68. The van der Waals surface area contributed by atoms with Crippen molar-refractivity contribution in [3.8, 4) is 0 Å². The van der Waals surface area contributed by atoms with Crippen molar-refractivity contribution in [2.75, 3.05) is 0 Å². The molecular formula is C7H9BrN2O. The molecule has 0 spiro atoms. The third-order valence-electron chi connectivity index (χ3n) is 1.64. The van der Waals surface area contributed by atoms with Crippen molar-refractivity contribution < 1.29 is 4.42 Å². The Morgan fingerprint density at radius 1 is 1.73 bits per heavy atom. The van der Waals surface area contributed by atoms with Crippen molar-refractivity contribution in [3.63, 3.8) is 0 Å². The van der Waals surface area contributed by atoms with Gasteiger partial charge in [0.15, 0.2) is 4.67 Å². The van der Waals surface area contributed by atoms with Crippen LogP contribution >= 0.6 is 15.9 Å². The van der Waals surface area contributed by atoms with Gasteiger partial charge in [0.2, 0.25) is 5.89 Å². The van der Waals surface area contributed by atoms with Gasteiger partial charge in [-0.05, 0) is 28.8 Å². The van der Waals surface area contributed by atoms with Crippen molar-refractivity contribution in [2.45, 2.75) is 25.4 Å². The Morgan fingerprint density at radius 3 is 3.09 bits per heavy atom. The van der Waals surface area contributed by atoms with E-state index in [0.29, 0.717) is 10.7 Å². The van der Waals surface area contributed by atoms with Gasteiger partial charge in [-0.15, -0.1) is 0 Å². The van der Waals surface area contributed by atoms with Gasteiger partial charge in [-0.1, -0.05) is 0 Å². The zero-order valence-corrected chi connectivity index (χ0v) is 7.60. The molecule has 0 aliphatic heterocycles. The first-order valence-electron chi connectivity index (χ1n) is 3.68. The Kier molecular flexibility index (Phi) is 1.96. The molecule has 11 heavy (non-hydrogen) atoms. The SMILES string of the molecule is Brc1cnc(CNC2CC2)o1. The van der Waals surface area contributed by atoms with E-state index >= 15 is 0 Å². The van der Waals surface area contributed by atoms with E-state index in [1.54, 1.807) is 6.20 Å². The quantitative estimate of drug-likeness (QED) is 0.837. The Bertz CT molecular complexity index is 244. The van der Waals surface area contributed by atoms with Crippen LogP contribution in [0.2, 0.25) is 0 Å². The molecule has 2 rings (SSSR count). The molecule has 0 bridgehead atoms. The second kappa shape index (κ2) is 2.95. The van der Waals surface area contributed by atoms with Gasteiger partial charge in [-0.2, -0.15) is 0 Å². The Balaban J connectivity index is 1.85. The van der Waals surface area contributed by atoms with Crippen LogP contribution in [0.3, 0.4) is 0 Å². The summed E-state index contributed by atoms with van der Waals surface area (Å²) < 4.78 is 5.90. The minimum atomic E-state index is 0.699. The topological polar surface area (TPSA) is 38.1 Å². The summed E-state index contributed by atoms with van der Waals surface area (Å²) in [7, 11) is 0.